The van der Waals surface area contributed by atoms with Gasteiger partial charge in [0.25, 0.3) is 0 Å². The maximum absolute atomic E-state index is 9.43. The van der Waals surface area contributed by atoms with Crippen molar-refractivity contribution < 1.29 is 4.79 Å². The van der Waals surface area contributed by atoms with E-state index in [9.17, 15) is 4.79 Å². The number of nitrogens with zero attached hydrogens (tertiary/aromatic N) is 3. The van der Waals surface area contributed by atoms with E-state index in [2.05, 4.69) is 0 Å². The van der Waals surface area contributed by atoms with Crippen LogP contribution in [0.4, 0.5) is 0 Å². The van der Waals surface area contributed by atoms with Gasteiger partial charge in [0.05, 0.1) is 0 Å². The third-order valence-electron chi connectivity index (χ3n) is 0.211. The Morgan fingerprint density at radius 2 is 1.57 bits per heavy atom. The zero-order valence-electron chi connectivity index (χ0n) is 4.33. The number of carbonyl (C=O) groups is 1. The molecular formula is C3H7N3O. The molecule has 0 spiro atoms. The fourth-order valence-corrected chi connectivity index (χ4v) is 0. The van der Waals surface area contributed by atoms with Gasteiger partial charge in [-0.05, 0) is 0 Å². The van der Waals surface area contributed by atoms with Gasteiger partial charge < -0.3 is 4.90 Å². The van der Waals surface area contributed by atoms with Crippen molar-refractivity contribution in [3.63, 3.8) is 0 Å². The van der Waals surface area contributed by atoms with Crippen molar-refractivity contribution in [2.45, 2.75) is 0 Å². The molecule has 40 valence electrons. The van der Waals surface area contributed by atoms with Crippen molar-refractivity contribution in [2.75, 3.05) is 14.1 Å². The van der Waals surface area contributed by atoms with Gasteiger partial charge >= 0.3 is 0 Å². The van der Waals surface area contributed by atoms with Crippen LogP contribution < -0.4 is 0 Å². The van der Waals surface area contributed by atoms with Crippen LogP contribution in [0.25, 0.3) is 0 Å². The maximum atomic E-state index is 9.43. The Bertz CT molecular complexity index is 58.4. The lowest BCUT2D eigenvalue weighted by molar-refractivity contribution is -0.115. The quantitative estimate of drug-likeness (QED) is 0.337. The summed E-state index contributed by atoms with van der Waals surface area (Å²) in [6.07, 6.45) is 0.750. The molecule has 0 fully saturated rings. The van der Waals surface area contributed by atoms with Gasteiger partial charge in [-0.3, -0.25) is 4.79 Å². The van der Waals surface area contributed by atoms with Crippen LogP contribution in [0, 0.1) is 10.8 Å². The van der Waals surface area contributed by atoms with Crippen molar-refractivity contribution in [2.24, 2.45) is 0 Å². The molecule has 0 radical (unpaired) electrons. The third-order valence-corrected chi connectivity index (χ3v) is 0.211. The molecule has 0 N–H and O–H groups in total. The zero-order valence-corrected chi connectivity index (χ0v) is 4.33. The normalized spacial score (nSPS) is 5.14. The Labute approximate surface area is 42.1 Å². The average Bonchev–Trinajstić information content (AvgIpc) is 1.73. The van der Waals surface area contributed by atoms with Gasteiger partial charge in [-0.25, -0.2) is 0 Å². The van der Waals surface area contributed by atoms with Crippen LogP contribution in [-0.4, -0.2) is 25.4 Å². The Kier molecular flexibility index (Phi) is 11.8. The molecule has 0 bridgehead atoms. The van der Waals surface area contributed by atoms with Crippen molar-refractivity contribution in [1.29, 1.82) is 10.8 Å². The molecule has 0 heterocycles. The van der Waals surface area contributed by atoms with Crippen LogP contribution in [-0.2, 0) is 4.79 Å². The van der Waals surface area contributed by atoms with E-state index in [0.29, 0.717) is 0 Å². The van der Waals surface area contributed by atoms with Crippen LogP contribution >= 0.6 is 0 Å². The van der Waals surface area contributed by atoms with E-state index in [4.69, 9.17) is 10.8 Å². The van der Waals surface area contributed by atoms with E-state index in [1.54, 1.807) is 14.1 Å². The summed E-state index contributed by atoms with van der Waals surface area (Å²) in [7, 11) is 3.38. The van der Waals surface area contributed by atoms with Crippen LogP contribution in [0.5, 0.6) is 0 Å². The molecule has 4 heteroatoms. The highest BCUT2D eigenvalue weighted by Crippen LogP contribution is 1.52. The SMILES string of the molecule is CN(C)C=O.N#N. The molecule has 0 aromatic heterocycles. The molecule has 0 unspecified atom stereocenters. The summed E-state index contributed by atoms with van der Waals surface area (Å²) in [5.74, 6) is 0. The monoisotopic (exact) mass is 101 g/mol. The fourth-order valence-electron chi connectivity index (χ4n) is 0. The third kappa shape index (κ3) is 51.6. The second-order valence-corrected chi connectivity index (χ2v) is 1.07. The Balaban J connectivity index is 0. The first-order chi connectivity index (χ1) is 3.27. The second kappa shape index (κ2) is 8.86. The van der Waals surface area contributed by atoms with Gasteiger partial charge in [0.2, 0.25) is 6.41 Å². The lowest BCUT2D eigenvalue weighted by atomic mass is 11.0. The van der Waals surface area contributed by atoms with Crippen molar-refractivity contribution >= 4 is 6.41 Å². The lowest BCUT2D eigenvalue weighted by Gasteiger charge is -1.93. The molecule has 0 aliphatic heterocycles. The van der Waals surface area contributed by atoms with Crippen molar-refractivity contribution in [3.8, 4) is 0 Å². The summed E-state index contributed by atoms with van der Waals surface area (Å²) in [6, 6.07) is 0. The van der Waals surface area contributed by atoms with Gasteiger partial charge in [0.1, 0.15) is 0 Å². The summed E-state index contributed by atoms with van der Waals surface area (Å²) < 4.78 is 0. The smallest absolute Gasteiger partial charge is 0.209 e. The summed E-state index contributed by atoms with van der Waals surface area (Å²) >= 11 is 0. The van der Waals surface area contributed by atoms with Gasteiger partial charge in [-0.2, -0.15) is 0 Å². The maximum Gasteiger partial charge on any atom is 0.209 e. The minimum atomic E-state index is 0.750. The second-order valence-electron chi connectivity index (χ2n) is 1.07. The van der Waals surface area contributed by atoms with Crippen molar-refractivity contribution in [3.05, 3.63) is 0 Å². The molecule has 4 nitrogen and oxygen atoms in total. The summed E-state index contributed by atoms with van der Waals surface area (Å²) in [5, 5.41) is 12.0. The molecule has 0 saturated carbocycles. The highest BCUT2D eigenvalue weighted by molar-refractivity contribution is 5.45. The molecule has 0 aromatic rings. The number of hydrogen-bond acceptors (Lipinski definition) is 3. The first-order valence-corrected chi connectivity index (χ1v) is 1.59. The fraction of sp³-hybridized carbons (Fsp3) is 0.667. The molecule has 0 aliphatic carbocycles. The van der Waals surface area contributed by atoms with Gasteiger partial charge in [0, 0.05) is 24.9 Å². The summed E-state index contributed by atoms with van der Waals surface area (Å²) in [6.45, 7) is 0. The Hall–Kier alpha value is -1.11. The van der Waals surface area contributed by atoms with Crippen molar-refractivity contribution in [1.82, 2.24) is 4.90 Å². The van der Waals surface area contributed by atoms with E-state index in [0.717, 1.165) is 6.41 Å². The van der Waals surface area contributed by atoms with E-state index >= 15 is 0 Å². The number of hydrogen-bond donors (Lipinski definition) is 0. The molecule has 0 atom stereocenters. The highest BCUT2D eigenvalue weighted by Gasteiger charge is 1.68. The predicted octanol–water partition coefficient (Wildman–Crippen LogP) is -0.265. The van der Waals surface area contributed by atoms with Gasteiger partial charge in [0.15, 0.2) is 0 Å². The van der Waals surface area contributed by atoms with Crippen LogP contribution in [0.15, 0.2) is 0 Å². The topological polar surface area (TPSA) is 67.9 Å². The molecule has 0 rings (SSSR count). The van der Waals surface area contributed by atoms with Crippen LogP contribution in [0.1, 0.15) is 0 Å². The van der Waals surface area contributed by atoms with E-state index in [1.807, 2.05) is 0 Å². The zero-order chi connectivity index (χ0) is 6.28. The molecule has 0 aliphatic rings. The summed E-state index contributed by atoms with van der Waals surface area (Å²) in [4.78, 5) is 10.9. The summed E-state index contributed by atoms with van der Waals surface area (Å²) in [5.41, 5.74) is 0. The molecule has 0 saturated heterocycles. The largest absolute Gasteiger partial charge is 0.351 e. The molecule has 1 amide bonds. The Morgan fingerprint density at radius 1 is 1.43 bits per heavy atom. The standard InChI is InChI=1S/C3H7NO.N2/c1-4(2)3-5;1-2/h3H,1-2H3;. The van der Waals surface area contributed by atoms with Crippen LogP contribution in [0.3, 0.4) is 0 Å². The molecule has 0 aromatic carbocycles. The number of carbonyl (C=O) groups excluding carboxylic acids is 1. The van der Waals surface area contributed by atoms with E-state index in [1.165, 1.54) is 4.90 Å². The molecular weight excluding hydrogens is 94.1 g/mol. The number of amides is 1. The van der Waals surface area contributed by atoms with E-state index < -0.39 is 0 Å². The average molecular weight is 101 g/mol. The lowest BCUT2D eigenvalue weighted by Crippen LogP contribution is -2.06. The molecule has 7 heavy (non-hydrogen) atoms. The van der Waals surface area contributed by atoms with Gasteiger partial charge in [-0.15, -0.1) is 0 Å². The minimum Gasteiger partial charge on any atom is -0.351 e. The first kappa shape index (κ1) is 9.31. The Morgan fingerprint density at radius 3 is 1.57 bits per heavy atom. The van der Waals surface area contributed by atoms with Gasteiger partial charge in [-0.1, -0.05) is 0 Å². The predicted molar refractivity (Wildman–Crippen MR) is 23.2 cm³/mol. The van der Waals surface area contributed by atoms with Crippen LogP contribution in [0.2, 0.25) is 0 Å². The minimum absolute atomic E-state index is 0.750. The first-order valence-electron chi connectivity index (χ1n) is 1.59. The number of rotatable bonds is 1. The van der Waals surface area contributed by atoms with E-state index in [-0.39, 0.29) is 0 Å². The highest BCUT2D eigenvalue weighted by atomic mass is 16.1.